The van der Waals surface area contributed by atoms with E-state index in [-0.39, 0.29) is 5.91 Å². The summed E-state index contributed by atoms with van der Waals surface area (Å²) in [7, 11) is 0. The Balaban J connectivity index is 1.49. The first-order chi connectivity index (χ1) is 11.3. The van der Waals surface area contributed by atoms with Crippen molar-refractivity contribution in [2.24, 2.45) is 0 Å². The maximum atomic E-state index is 12.4. The Morgan fingerprint density at radius 1 is 1.26 bits per heavy atom. The van der Waals surface area contributed by atoms with Gasteiger partial charge in [-0.1, -0.05) is 5.16 Å². The van der Waals surface area contributed by atoms with E-state index in [0.717, 1.165) is 49.9 Å². The van der Waals surface area contributed by atoms with Gasteiger partial charge in [-0.15, -0.1) is 0 Å². The number of nitrogens with zero attached hydrogens (tertiary/aromatic N) is 3. The molecule has 4 rings (SSSR count). The summed E-state index contributed by atoms with van der Waals surface area (Å²) < 4.78 is 16.1. The zero-order valence-electron chi connectivity index (χ0n) is 12.9. The maximum absolute atomic E-state index is 12.4. The lowest BCUT2D eigenvalue weighted by Crippen LogP contribution is -2.38. The van der Waals surface area contributed by atoms with Crippen molar-refractivity contribution in [2.45, 2.75) is 19.5 Å². The molecule has 0 spiro atoms. The number of ether oxygens (including phenoxy) is 1. The van der Waals surface area contributed by atoms with Gasteiger partial charge in [0, 0.05) is 38.2 Å². The average Bonchev–Trinajstić information content (AvgIpc) is 3.25. The van der Waals surface area contributed by atoms with E-state index in [1.165, 1.54) is 6.26 Å². The van der Waals surface area contributed by atoms with E-state index in [9.17, 15) is 4.79 Å². The van der Waals surface area contributed by atoms with Gasteiger partial charge in [0.2, 0.25) is 0 Å². The number of hydrogen-bond donors (Lipinski definition) is 0. The van der Waals surface area contributed by atoms with Crippen molar-refractivity contribution < 1.29 is 18.5 Å². The smallest absolute Gasteiger partial charge is 0.289 e. The van der Waals surface area contributed by atoms with Crippen LogP contribution < -0.4 is 0 Å². The van der Waals surface area contributed by atoms with Crippen LogP contribution in [0.25, 0.3) is 0 Å². The second-order valence-electron chi connectivity index (χ2n) is 5.87. The molecule has 7 nitrogen and oxygen atoms in total. The highest BCUT2D eigenvalue weighted by molar-refractivity contribution is 5.91. The molecule has 122 valence electrons. The van der Waals surface area contributed by atoms with Gasteiger partial charge in [0.15, 0.2) is 5.76 Å². The Morgan fingerprint density at radius 3 is 2.91 bits per heavy atom. The number of aromatic nitrogens is 1. The first-order valence-corrected chi connectivity index (χ1v) is 7.90. The third-order valence-corrected chi connectivity index (χ3v) is 4.40. The molecule has 0 N–H and O–H groups in total. The topological polar surface area (TPSA) is 72.0 Å². The molecule has 2 aliphatic heterocycles. The fourth-order valence-electron chi connectivity index (χ4n) is 3.09. The number of rotatable bonds is 3. The number of carbonyl (C=O) groups excluding carboxylic acids is 1. The van der Waals surface area contributed by atoms with Crippen LogP contribution in [0.3, 0.4) is 0 Å². The first-order valence-electron chi connectivity index (χ1n) is 7.90. The highest BCUT2D eigenvalue weighted by Gasteiger charge is 2.29. The Bertz CT molecular complexity index is 674. The van der Waals surface area contributed by atoms with Crippen molar-refractivity contribution in [1.82, 2.24) is 15.0 Å². The molecule has 23 heavy (non-hydrogen) atoms. The van der Waals surface area contributed by atoms with Gasteiger partial charge in [-0.25, -0.2) is 0 Å². The normalized spacial score (nSPS) is 18.9. The van der Waals surface area contributed by atoms with Gasteiger partial charge < -0.3 is 18.6 Å². The maximum Gasteiger partial charge on any atom is 0.289 e. The zero-order chi connectivity index (χ0) is 15.6. The minimum Gasteiger partial charge on any atom is -0.459 e. The standard InChI is InChI=1S/C16H19N3O4/c20-16(15-2-1-7-22-15)19-4-3-14-12(10-19)13(17-23-14)11-18-5-8-21-9-6-18/h1-2,7H,3-6,8-11H2. The third-order valence-electron chi connectivity index (χ3n) is 4.40. The van der Waals surface area contributed by atoms with Crippen molar-refractivity contribution in [3.8, 4) is 0 Å². The minimum absolute atomic E-state index is 0.0841. The largest absolute Gasteiger partial charge is 0.459 e. The highest BCUT2D eigenvalue weighted by Crippen LogP contribution is 2.25. The van der Waals surface area contributed by atoms with Crippen LogP contribution in [-0.2, 0) is 24.2 Å². The molecule has 0 atom stereocenters. The zero-order valence-corrected chi connectivity index (χ0v) is 12.9. The number of hydrogen-bond acceptors (Lipinski definition) is 6. The molecule has 2 aromatic heterocycles. The van der Waals surface area contributed by atoms with Crippen molar-refractivity contribution in [3.63, 3.8) is 0 Å². The molecule has 2 aromatic rings. The molecule has 0 saturated carbocycles. The van der Waals surface area contributed by atoms with E-state index < -0.39 is 0 Å². The summed E-state index contributed by atoms with van der Waals surface area (Å²) in [6.45, 7) is 5.20. The molecule has 0 aliphatic carbocycles. The van der Waals surface area contributed by atoms with Crippen LogP contribution in [0.5, 0.6) is 0 Å². The van der Waals surface area contributed by atoms with Crippen molar-refractivity contribution in [1.29, 1.82) is 0 Å². The van der Waals surface area contributed by atoms with Gasteiger partial charge in [0.25, 0.3) is 5.91 Å². The quantitative estimate of drug-likeness (QED) is 0.850. The van der Waals surface area contributed by atoms with Gasteiger partial charge in [0.05, 0.1) is 26.0 Å². The summed E-state index contributed by atoms with van der Waals surface area (Å²) in [5, 5.41) is 4.23. The fraction of sp³-hybridized carbons (Fsp3) is 0.500. The van der Waals surface area contributed by atoms with E-state index in [4.69, 9.17) is 13.7 Å². The first kappa shape index (κ1) is 14.5. The monoisotopic (exact) mass is 317 g/mol. The predicted octanol–water partition coefficient (Wildman–Crippen LogP) is 1.30. The summed E-state index contributed by atoms with van der Waals surface area (Å²) in [5.74, 6) is 1.19. The van der Waals surface area contributed by atoms with E-state index in [2.05, 4.69) is 10.1 Å². The van der Waals surface area contributed by atoms with Crippen LogP contribution in [0, 0.1) is 0 Å². The lowest BCUT2D eigenvalue weighted by atomic mass is 10.1. The molecule has 2 aliphatic rings. The van der Waals surface area contributed by atoms with Gasteiger partial charge in [-0.3, -0.25) is 9.69 Å². The number of carbonyl (C=O) groups is 1. The van der Waals surface area contributed by atoms with Crippen LogP contribution in [0.1, 0.15) is 27.6 Å². The number of amides is 1. The van der Waals surface area contributed by atoms with Crippen molar-refractivity contribution in [3.05, 3.63) is 41.2 Å². The molecule has 1 amide bonds. The Kier molecular flexibility index (Phi) is 3.88. The summed E-state index contributed by atoms with van der Waals surface area (Å²) in [6.07, 6.45) is 2.21. The lowest BCUT2D eigenvalue weighted by molar-refractivity contribution is 0.0331. The molecule has 7 heteroatoms. The summed E-state index contributed by atoms with van der Waals surface area (Å²) in [5.41, 5.74) is 1.97. The van der Waals surface area contributed by atoms with Crippen LogP contribution in [0.2, 0.25) is 0 Å². The summed E-state index contributed by atoms with van der Waals surface area (Å²) in [4.78, 5) is 16.5. The van der Waals surface area contributed by atoms with E-state index in [1.54, 1.807) is 17.0 Å². The molecular weight excluding hydrogens is 298 g/mol. The van der Waals surface area contributed by atoms with Crippen LogP contribution in [0.4, 0.5) is 0 Å². The van der Waals surface area contributed by atoms with Gasteiger partial charge >= 0.3 is 0 Å². The second-order valence-corrected chi connectivity index (χ2v) is 5.87. The van der Waals surface area contributed by atoms with Crippen molar-refractivity contribution >= 4 is 5.91 Å². The van der Waals surface area contributed by atoms with E-state index in [1.807, 2.05) is 0 Å². The molecule has 0 aromatic carbocycles. The van der Waals surface area contributed by atoms with Crippen molar-refractivity contribution in [2.75, 3.05) is 32.8 Å². The van der Waals surface area contributed by atoms with E-state index >= 15 is 0 Å². The Labute approximate surface area is 133 Å². The number of furan rings is 1. The number of fused-ring (bicyclic) bond motifs is 1. The Morgan fingerprint density at radius 2 is 2.13 bits per heavy atom. The fourth-order valence-corrected chi connectivity index (χ4v) is 3.09. The molecular formula is C16H19N3O4. The SMILES string of the molecule is O=C(c1ccco1)N1CCc2onc(CN3CCOCC3)c2C1. The molecule has 1 saturated heterocycles. The Hall–Kier alpha value is -2.12. The van der Waals surface area contributed by atoms with Crippen LogP contribution >= 0.6 is 0 Å². The third kappa shape index (κ3) is 2.89. The molecule has 0 radical (unpaired) electrons. The second kappa shape index (κ2) is 6.17. The van der Waals surface area contributed by atoms with Crippen LogP contribution in [0.15, 0.2) is 27.3 Å². The minimum atomic E-state index is -0.0841. The predicted molar refractivity (Wildman–Crippen MR) is 79.8 cm³/mol. The van der Waals surface area contributed by atoms with Crippen LogP contribution in [-0.4, -0.2) is 53.7 Å². The molecule has 1 fully saturated rings. The molecule has 0 bridgehead atoms. The van der Waals surface area contributed by atoms with Gasteiger partial charge in [-0.2, -0.15) is 0 Å². The molecule has 0 unspecified atom stereocenters. The van der Waals surface area contributed by atoms with Gasteiger partial charge in [-0.05, 0) is 12.1 Å². The average molecular weight is 317 g/mol. The van der Waals surface area contributed by atoms with E-state index in [0.29, 0.717) is 25.3 Å². The lowest BCUT2D eigenvalue weighted by Gasteiger charge is -2.28. The summed E-state index contributed by atoms with van der Waals surface area (Å²) >= 11 is 0. The highest BCUT2D eigenvalue weighted by atomic mass is 16.5. The number of morpholine rings is 1. The van der Waals surface area contributed by atoms with Gasteiger partial charge in [0.1, 0.15) is 11.5 Å². The molecule has 4 heterocycles. The summed E-state index contributed by atoms with van der Waals surface area (Å²) in [6, 6.07) is 3.42.